The third-order valence-corrected chi connectivity index (χ3v) is 3.75. The molecule has 0 amide bonds. The molecule has 0 aliphatic heterocycles. The van der Waals surface area contributed by atoms with Crippen LogP contribution in [-0.4, -0.2) is 36.6 Å². The number of rotatable bonds is 8. The van der Waals surface area contributed by atoms with Crippen molar-refractivity contribution < 1.29 is 8.85 Å². The molecule has 0 unspecified atom stereocenters. The number of nitrogens with one attached hydrogen (secondary N) is 1. The molecule has 4 N–H and O–H groups in total. The Kier molecular flexibility index (Phi) is 14.4. The Morgan fingerprint density at radius 3 is 2.23 bits per heavy atom. The molecule has 5 heteroatoms. The topological polar surface area (TPSA) is 65.5 Å². The zero-order valence-electron chi connectivity index (χ0n) is 9.14. The first kappa shape index (κ1) is 15.5. The SMILES string of the molecule is CCNCCCC[SiH](OC)OC.N. The van der Waals surface area contributed by atoms with Crippen LogP contribution < -0.4 is 11.5 Å². The summed E-state index contributed by atoms with van der Waals surface area (Å²) in [4.78, 5) is 0. The summed E-state index contributed by atoms with van der Waals surface area (Å²) in [6.45, 7) is 4.31. The van der Waals surface area contributed by atoms with Gasteiger partial charge in [0.25, 0.3) is 0 Å². The van der Waals surface area contributed by atoms with E-state index in [2.05, 4.69) is 12.2 Å². The van der Waals surface area contributed by atoms with Crippen LogP contribution in [0.25, 0.3) is 0 Å². The van der Waals surface area contributed by atoms with E-state index in [-0.39, 0.29) is 6.15 Å². The van der Waals surface area contributed by atoms with Crippen molar-refractivity contribution in [2.24, 2.45) is 0 Å². The van der Waals surface area contributed by atoms with Gasteiger partial charge in [-0.05, 0) is 25.6 Å². The number of hydrogen-bond acceptors (Lipinski definition) is 4. The predicted octanol–water partition coefficient (Wildman–Crippen LogP) is 1.05. The molecule has 0 heterocycles. The van der Waals surface area contributed by atoms with Gasteiger partial charge in [-0.3, -0.25) is 0 Å². The third kappa shape index (κ3) is 9.97. The summed E-state index contributed by atoms with van der Waals surface area (Å²) >= 11 is 0. The van der Waals surface area contributed by atoms with Gasteiger partial charge in [0, 0.05) is 14.2 Å². The molecule has 0 aromatic carbocycles. The normalized spacial score (nSPS) is 10.2. The molecule has 4 nitrogen and oxygen atoms in total. The van der Waals surface area contributed by atoms with Gasteiger partial charge in [0.05, 0.1) is 0 Å². The highest BCUT2D eigenvalue weighted by molar-refractivity contribution is 6.44. The smallest absolute Gasteiger partial charge is 0.320 e. The van der Waals surface area contributed by atoms with Crippen LogP contribution in [-0.2, 0) is 8.85 Å². The summed E-state index contributed by atoms with van der Waals surface area (Å²) in [6.07, 6.45) is 2.44. The van der Waals surface area contributed by atoms with Gasteiger partial charge in [-0.15, -0.1) is 0 Å². The number of hydrogen-bond donors (Lipinski definition) is 2. The molecule has 0 aromatic heterocycles. The minimum Gasteiger partial charge on any atom is -0.400 e. The van der Waals surface area contributed by atoms with E-state index in [1.165, 1.54) is 12.8 Å². The largest absolute Gasteiger partial charge is 0.400 e. The van der Waals surface area contributed by atoms with E-state index < -0.39 is 9.28 Å². The highest BCUT2D eigenvalue weighted by atomic mass is 28.3. The summed E-state index contributed by atoms with van der Waals surface area (Å²) in [5, 5.41) is 3.29. The Morgan fingerprint density at radius 2 is 1.77 bits per heavy atom. The van der Waals surface area contributed by atoms with E-state index in [4.69, 9.17) is 8.85 Å². The Morgan fingerprint density at radius 1 is 1.15 bits per heavy atom. The molecule has 0 aliphatic rings. The highest BCUT2D eigenvalue weighted by Crippen LogP contribution is 2.01. The fraction of sp³-hybridized carbons (Fsp3) is 1.00. The van der Waals surface area contributed by atoms with Gasteiger partial charge in [-0.1, -0.05) is 13.3 Å². The molecule has 0 saturated carbocycles. The molecule has 0 aromatic rings. The predicted molar refractivity (Wildman–Crippen MR) is 58.8 cm³/mol. The van der Waals surface area contributed by atoms with E-state index in [0.29, 0.717) is 0 Å². The first-order valence-corrected chi connectivity index (χ1v) is 6.37. The molecule has 0 rings (SSSR count). The molecule has 0 spiro atoms. The summed E-state index contributed by atoms with van der Waals surface area (Å²) in [5.41, 5.74) is 0. The van der Waals surface area contributed by atoms with Crippen LogP contribution in [0, 0.1) is 0 Å². The van der Waals surface area contributed by atoms with E-state index in [1.54, 1.807) is 14.2 Å². The summed E-state index contributed by atoms with van der Waals surface area (Å²) in [7, 11) is 2.21. The van der Waals surface area contributed by atoms with Crippen molar-refractivity contribution in [1.82, 2.24) is 11.5 Å². The molecular weight excluding hydrogens is 184 g/mol. The molecule has 0 fully saturated rings. The van der Waals surface area contributed by atoms with Crippen molar-refractivity contribution in [2.45, 2.75) is 25.8 Å². The van der Waals surface area contributed by atoms with Crippen LogP contribution in [0.15, 0.2) is 0 Å². The lowest BCUT2D eigenvalue weighted by molar-refractivity contribution is 0.276. The summed E-state index contributed by atoms with van der Waals surface area (Å²) in [6, 6.07) is 1.12. The van der Waals surface area contributed by atoms with Crippen LogP contribution in [0.4, 0.5) is 0 Å². The molecule has 13 heavy (non-hydrogen) atoms. The van der Waals surface area contributed by atoms with Crippen molar-refractivity contribution in [3.63, 3.8) is 0 Å². The van der Waals surface area contributed by atoms with E-state index >= 15 is 0 Å². The van der Waals surface area contributed by atoms with Crippen molar-refractivity contribution >= 4 is 9.28 Å². The van der Waals surface area contributed by atoms with Gasteiger partial charge in [-0.2, -0.15) is 0 Å². The third-order valence-electron chi connectivity index (χ3n) is 1.82. The minimum atomic E-state index is -1.27. The van der Waals surface area contributed by atoms with Gasteiger partial charge in [0.2, 0.25) is 0 Å². The molecule has 0 radical (unpaired) electrons. The zero-order valence-corrected chi connectivity index (χ0v) is 10.3. The second-order valence-electron chi connectivity index (χ2n) is 2.75. The van der Waals surface area contributed by atoms with Crippen LogP contribution in [0.2, 0.25) is 6.04 Å². The standard InChI is InChI=1S/C8H21NO2Si.H3N/c1-4-9-7-5-6-8-12(10-2)11-3;/h9,12H,4-8H2,1-3H3;1H3. The van der Waals surface area contributed by atoms with Gasteiger partial charge < -0.3 is 20.3 Å². The Bertz CT molecular complexity index is 92.2. The highest BCUT2D eigenvalue weighted by Gasteiger charge is 2.07. The summed E-state index contributed by atoms with van der Waals surface area (Å²) in [5.74, 6) is 0. The molecule has 82 valence electrons. The fourth-order valence-corrected chi connectivity index (χ4v) is 2.36. The first-order valence-electron chi connectivity index (χ1n) is 4.61. The zero-order chi connectivity index (χ0) is 9.23. The molecule has 0 bridgehead atoms. The second-order valence-corrected chi connectivity index (χ2v) is 5.13. The van der Waals surface area contributed by atoms with Gasteiger partial charge in [0.1, 0.15) is 0 Å². The lowest BCUT2D eigenvalue weighted by atomic mass is 10.3. The Balaban J connectivity index is 0. The average Bonchev–Trinajstić information content (AvgIpc) is 2.11. The molecule has 0 atom stereocenters. The van der Waals surface area contributed by atoms with Crippen LogP contribution >= 0.6 is 0 Å². The first-order chi connectivity index (χ1) is 5.85. The van der Waals surface area contributed by atoms with E-state index in [9.17, 15) is 0 Å². The second kappa shape index (κ2) is 12.1. The maximum atomic E-state index is 5.20. The average molecular weight is 208 g/mol. The maximum Gasteiger partial charge on any atom is 0.320 e. The van der Waals surface area contributed by atoms with Gasteiger partial charge in [0.15, 0.2) is 0 Å². The summed E-state index contributed by atoms with van der Waals surface area (Å²) < 4.78 is 10.4. The Hall–Kier alpha value is 0.0569. The lowest BCUT2D eigenvalue weighted by Gasteiger charge is -2.10. The maximum absolute atomic E-state index is 5.20. The van der Waals surface area contributed by atoms with Crippen molar-refractivity contribution in [1.29, 1.82) is 0 Å². The number of unbranched alkanes of at least 4 members (excludes halogenated alkanes) is 1. The lowest BCUT2D eigenvalue weighted by Crippen LogP contribution is -2.19. The molecule has 0 aliphatic carbocycles. The van der Waals surface area contributed by atoms with Crippen LogP contribution in [0.1, 0.15) is 19.8 Å². The van der Waals surface area contributed by atoms with Gasteiger partial charge in [-0.25, -0.2) is 0 Å². The molecule has 0 saturated heterocycles. The van der Waals surface area contributed by atoms with Gasteiger partial charge >= 0.3 is 9.28 Å². The fourth-order valence-electron chi connectivity index (χ4n) is 1.07. The van der Waals surface area contributed by atoms with E-state index in [0.717, 1.165) is 19.1 Å². The molecular formula is C8H24N2O2Si. The van der Waals surface area contributed by atoms with E-state index in [1.807, 2.05) is 0 Å². The Labute approximate surface area is 83.4 Å². The monoisotopic (exact) mass is 208 g/mol. The van der Waals surface area contributed by atoms with Crippen LogP contribution in [0.5, 0.6) is 0 Å². The minimum absolute atomic E-state index is 0. The van der Waals surface area contributed by atoms with Crippen molar-refractivity contribution in [3.05, 3.63) is 0 Å². The van der Waals surface area contributed by atoms with Crippen molar-refractivity contribution in [2.75, 3.05) is 27.3 Å². The van der Waals surface area contributed by atoms with Crippen LogP contribution in [0.3, 0.4) is 0 Å². The quantitative estimate of drug-likeness (QED) is 0.462. The van der Waals surface area contributed by atoms with Crippen molar-refractivity contribution in [3.8, 4) is 0 Å².